The normalized spacial score (nSPS) is 13.4. The summed E-state index contributed by atoms with van der Waals surface area (Å²) in [7, 11) is 0. The number of aliphatic hydroxyl groups is 1. The van der Waals surface area contributed by atoms with E-state index in [9.17, 15) is 13.2 Å². The van der Waals surface area contributed by atoms with E-state index in [0.29, 0.717) is 13.1 Å². The molecule has 2 N–H and O–H groups in total. The van der Waals surface area contributed by atoms with Crippen molar-refractivity contribution in [1.29, 1.82) is 0 Å². The predicted octanol–water partition coefficient (Wildman–Crippen LogP) is 2.30. The largest absolute Gasteiger partial charge is 0.573 e. The summed E-state index contributed by atoms with van der Waals surface area (Å²) in [5, 5.41) is 11.9. The average Bonchev–Trinajstić information content (AvgIpc) is 2.29. The predicted molar refractivity (Wildman–Crippen MR) is 61.1 cm³/mol. The topological polar surface area (TPSA) is 41.5 Å². The molecule has 0 bridgehead atoms. The van der Waals surface area contributed by atoms with Crippen LogP contribution in [0, 0.1) is 5.92 Å². The van der Waals surface area contributed by atoms with Crippen LogP contribution < -0.4 is 10.1 Å². The molecule has 1 atom stereocenters. The number of halogens is 3. The van der Waals surface area contributed by atoms with Gasteiger partial charge in [-0.3, -0.25) is 0 Å². The third-order valence-corrected chi connectivity index (χ3v) is 2.29. The van der Waals surface area contributed by atoms with Crippen molar-refractivity contribution >= 4 is 0 Å². The quantitative estimate of drug-likeness (QED) is 0.827. The molecule has 0 saturated heterocycles. The standard InChI is InChI=1S/C12H16F3NO2/c1-9(8-17)6-16-7-10-2-4-11(5-3-10)18-12(13,14)15/h2-5,9,16-17H,6-8H2,1H3. The number of ether oxygens (including phenoxy) is 1. The van der Waals surface area contributed by atoms with Gasteiger partial charge in [0.25, 0.3) is 0 Å². The minimum absolute atomic E-state index is 0.103. The smallest absolute Gasteiger partial charge is 0.406 e. The molecule has 6 heteroatoms. The van der Waals surface area contributed by atoms with Crippen LogP contribution in [0.25, 0.3) is 0 Å². The molecule has 102 valence electrons. The molecule has 0 spiro atoms. The van der Waals surface area contributed by atoms with Crippen LogP contribution in [0.1, 0.15) is 12.5 Å². The first kappa shape index (κ1) is 14.8. The minimum Gasteiger partial charge on any atom is -0.406 e. The highest BCUT2D eigenvalue weighted by atomic mass is 19.4. The van der Waals surface area contributed by atoms with Crippen molar-refractivity contribution in [3.05, 3.63) is 29.8 Å². The molecule has 0 aromatic heterocycles. The Bertz CT molecular complexity index is 351. The van der Waals surface area contributed by atoms with Crippen LogP contribution in [0.15, 0.2) is 24.3 Å². The van der Waals surface area contributed by atoms with Gasteiger partial charge >= 0.3 is 6.36 Å². The van der Waals surface area contributed by atoms with Crippen molar-refractivity contribution in [2.24, 2.45) is 5.92 Å². The molecule has 1 unspecified atom stereocenters. The highest BCUT2D eigenvalue weighted by Crippen LogP contribution is 2.22. The summed E-state index contributed by atoms with van der Waals surface area (Å²) in [6.45, 7) is 3.19. The fraction of sp³-hybridized carbons (Fsp3) is 0.500. The highest BCUT2D eigenvalue weighted by molar-refractivity contribution is 5.27. The molecule has 0 radical (unpaired) electrons. The number of nitrogens with one attached hydrogen (secondary N) is 1. The van der Waals surface area contributed by atoms with E-state index < -0.39 is 6.36 Å². The Morgan fingerprint density at radius 3 is 2.39 bits per heavy atom. The summed E-state index contributed by atoms with van der Waals surface area (Å²) < 4.78 is 39.5. The zero-order chi connectivity index (χ0) is 13.6. The summed E-state index contributed by atoms with van der Waals surface area (Å²) in [6.07, 6.45) is -4.66. The van der Waals surface area contributed by atoms with E-state index in [2.05, 4.69) is 10.1 Å². The molecule has 0 aliphatic heterocycles. The molecule has 0 saturated carbocycles. The van der Waals surface area contributed by atoms with Gasteiger partial charge in [-0.05, 0) is 23.6 Å². The van der Waals surface area contributed by atoms with Gasteiger partial charge in [-0.15, -0.1) is 13.2 Å². The van der Waals surface area contributed by atoms with Gasteiger partial charge in [-0.1, -0.05) is 19.1 Å². The molecule has 1 aromatic carbocycles. The Labute approximate surface area is 104 Å². The molecule has 0 heterocycles. The highest BCUT2D eigenvalue weighted by Gasteiger charge is 2.30. The summed E-state index contributed by atoms with van der Waals surface area (Å²) >= 11 is 0. The third-order valence-electron chi connectivity index (χ3n) is 2.29. The van der Waals surface area contributed by atoms with Crippen LogP contribution in [0.5, 0.6) is 5.75 Å². The van der Waals surface area contributed by atoms with Gasteiger partial charge in [0, 0.05) is 19.7 Å². The maximum atomic E-state index is 11.9. The van der Waals surface area contributed by atoms with Crippen molar-refractivity contribution < 1.29 is 23.0 Å². The van der Waals surface area contributed by atoms with E-state index in [1.54, 1.807) is 12.1 Å². The second kappa shape index (κ2) is 6.61. The number of alkyl halides is 3. The van der Waals surface area contributed by atoms with Crippen LogP contribution in [-0.4, -0.2) is 24.6 Å². The van der Waals surface area contributed by atoms with Crippen LogP contribution in [-0.2, 0) is 6.54 Å². The lowest BCUT2D eigenvalue weighted by atomic mass is 10.2. The lowest BCUT2D eigenvalue weighted by molar-refractivity contribution is -0.274. The van der Waals surface area contributed by atoms with Crippen LogP contribution in [0.4, 0.5) is 13.2 Å². The zero-order valence-electron chi connectivity index (χ0n) is 10.00. The number of aliphatic hydroxyl groups excluding tert-OH is 1. The Balaban J connectivity index is 2.41. The van der Waals surface area contributed by atoms with Crippen LogP contribution >= 0.6 is 0 Å². The first-order valence-electron chi connectivity index (χ1n) is 5.57. The van der Waals surface area contributed by atoms with E-state index >= 15 is 0 Å². The maximum absolute atomic E-state index is 11.9. The van der Waals surface area contributed by atoms with E-state index in [4.69, 9.17) is 5.11 Å². The van der Waals surface area contributed by atoms with Gasteiger partial charge in [0.15, 0.2) is 0 Å². The molecule has 1 aromatic rings. The Kier molecular flexibility index (Phi) is 5.43. The molecular weight excluding hydrogens is 247 g/mol. The second-order valence-electron chi connectivity index (χ2n) is 4.11. The van der Waals surface area contributed by atoms with E-state index in [1.807, 2.05) is 6.92 Å². The Morgan fingerprint density at radius 1 is 1.28 bits per heavy atom. The molecule has 0 aliphatic rings. The Hall–Kier alpha value is -1.27. The van der Waals surface area contributed by atoms with Gasteiger partial charge in [0.05, 0.1) is 0 Å². The Morgan fingerprint density at radius 2 is 1.89 bits per heavy atom. The number of hydrogen-bond acceptors (Lipinski definition) is 3. The van der Waals surface area contributed by atoms with Crippen LogP contribution in [0.2, 0.25) is 0 Å². The number of benzene rings is 1. The van der Waals surface area contributed by atoms with E-state index in [1.165, 1.54) is 12.1 Å². The van der Waals surface area contributed by atoms with Crippen molar-refractivity contribution in [1.82, 2.24) is 5.32 Å². The number of hydrogen-bond donors (Lipinski definition) is 2. The van der Waals surface area contributed by atoms with Gasteiger partial charge in [-0.2, -0.15) is 0 Å². The van der Waals surface area contributed by atoms with E-state index in [-0.39, 0.29) is 18.3 Å². The van der Waals surface area contributed by atoms with Gasteiger partial charge in [0.2, 0.25) is 0 Å². The molecule has 18 heavy (non-hydrogen) atoms. The van der Waals surface area contributed by atoms with Gasteiger partial charge in [-0.25, -0.2) is 0 Å². The lowest BCUT2D eigenvalue weighted by Gasteiger charge is -2.11. The SMILES string of the molecule is CC(CO)CNCc1ccc(OC(F)(F)F)cc1. The average molecular weight is 263 g/mol. The third kappa shape index (κ3) is 5.88. The molecule has 1 rings (SSSR count). The van der Waals surface area contributed by atoms with Crippen molar-refractivity contribution in [2.45, 2.75) is 19.8 Å². The molecular formula is C12H16F3NO2. The lowest BCUT2D eigenvalue weighted by Crippen LogP contribution is -2.22. The van der Waals surface area contributed by atoms with Crippen LogP contribution in [0.3, 0.4) is 0 Å². The first-order valence-corrected chi connectivity index (χ1v) is 5.57. The van der Waals surface area contributed by atoms with Gasteiger partial charge in [0.1, 0.15) is 5.75 Å². The number of rotatable bonds is 6. The summed E-state index contributed by atoms with van der Waals surface area (Å²) in [6, 6.07) is 5.69. The molecule has 0 amide bonds. The molecule has 3 nitrogen and oxygen atoms in total. The van der Waals surface area contributed by atoms with Crippen molar-refractivity contribution in [3.8, 4) is 5.75 Å². The molecule has 0 aliphatic carbocycles. The fourth-order valence-corrected chi connectivity index (χ4v) is 1.34. The molecule has 0 fully saturated rings. The summed E-state index contributed by atoms with van der Waals surface area (Å²) in [5.74, 6) is -0.0761. The van der Waals surface area contributed by atoms with Crippen molar-refractivity contribution in [3.63, 3.8) is 0 Å². The van der Waals surface area contributed by atoms with Gasteiger partial charge < -0.3 is 15.2 Å². The van der Waals surface area contributed by atoms with E-state index in [0.717, 1.165) is 5.56 Å². The second-order valence-corrected chi connectivity index (χ2v) is 4.11. The minimum atomic E-state index is -4.66. The summed E-state index contributed by atoms with van der Waals surface area (Å²) in [4.78, 5) is 0. The van der Waals surface area contributed by atoms with Crippen molar-refractivity contribution in [2.75, 3.05) is 13.2 Å². The summed E-state index contributed by atoms with van der Waals surface area (Å²) in [5.41, 5.74) is 0.856. The zero-order valence-corrected chi connectivity index (χ0v) is 10.00. The maximum Gasteiger partial charge on any atom is 0.573 e. The monoisotopic (exact) mass is 263 g/mol. The first-order chi connectivity index (χ1) is 8.40. The fourth-order valence-electron chi connectivity index (χ4n) is 1.34.